The third-order valence-electron chi connectivity index (χ3n) is 3.81. The molecule has 0 bridgehead atoms. The van der Waals surface area contributed by atoms with Crippen molar-refractivity contribution in [2.45, 2.75) is 18.7 Å². The van der Waals surface area contributed by atoms with Gasteiger partial charge in [-0.2, -0.15) is 5.10 Å². The van der Waals surface area contributed by atoms with E-state index in [1.165, 1.54) is 17.0 Å². The van der Waals surface area contributed by atoms with Gasteiger partial charge < -0.3 is 4.42 Å². The van der Waals surface area contributed by atoms with Crippen LogP contribution in [0.4, 0.5) is 0 Å². The Bertz CT molecular complexity index is 1010. The van der Waals surface area contributed by atoms with Crippen molar-refractivity contribution < 1.29 is 12.8 Å². The van der Waals surface area contributed by atoms with Gasteiger partial charge in [-0.15, -0.1) is 0 Å². The Morgan fingerprint density at radius 3 is 2.58 bits per heavy atom. The van der Waals surface area contributed by atoms with Gasteiger partial charge in [0.25, 0.3) is 5.56 Å². The summed E-state index contributed by atoms with van der Waals surface area (Å²) in [7, 11) is -3.52. The monoisotopic (exact) mass is 373 g/mol. The zero-order valence-electron chi connectivity index (χ0n) is 14.2. The first-order valence-corrected chi connectivity index (χ1v) is 9.75. The van der Waals surface area contributed by atoms with Crippen molar-refractivity contribution >= 4 is 10.0 Å². The van der Waals surface area contributed by atoms with E-state index >= 15 is 0 Å². The van der Waals surface area contributed by atoms with Crippen molar-refractivity contribution in [2.24, 2.45) is 0 Å². The van der Waals surface area contributed by atoms with Crippen molar-refractivity contribution in [1.29, 1.82) is 0 Å². The number of nitrogens with one attached hydrogen (secondary N) is 1. The molecule has 26 heavy (non-hydrogen) atoms. The first kappa shape index (κ1) is 18.1. The molecule has 1 atom stereocenters. The number of sulfonamides is 1. The number of hydrogen-bond donors (Lipinski definition) is 1. The minimum absolute atomic E-state index is 0.0592. The predicted octanol–water partition coefficient (Wildman–Crippen LogP) is 2.18. The second kappa shape index (κ2) is 7.67. The van der Waals surface area contributed by atoms with Crippen LogP contribution in [0.3, 0.4) is 0 Å². The minimum atomic E-state index is -3.52. The molecule has 0 aliphatic rings. The van der Waals surface area contributed by atoms with E-state index in [1.807, 2.05) is 6.07 Å². The van der Waals surface area contributed by atoms with Gasteiger partial charge >= 0.3 is 0 Å². The Hall–Kier alpha value is -2.71. The van der Waals surface area contributed by atoms with Gasteiger partial charge in [-0.1, -0.05) is 30.3 Å². The van der Waals surface area contributed by atoms with E-state index in [0.29, 0.717) is 17.0 Å². The van der Waals surface area contributed by atoms with Gasteiger partial charge in [0.2, 0.25) is 10.0 Å². The lowest BCUT2D eigenvalue weighted by Crippen LogP contribution is -2.35. The lowest BCUT2D eigenvalue weighted by molar-refractivity contribution is 0.456. The highest BCUT2D eigenvalue weighted by Crippen LogP contribution is 2.16. The molecule has 2 heterocycles. The van der Waals surface area contributed by atoms with Crippen LogP contribution in [-0.4, -0.2) is 24.7 Å². The summed E-state index contributed by atoms with van der Waals surface area (Å²) in [6.07, 6.45) is 1.52. The molecule has 1 N–H and O–H groups in total. The van der Waals surface area contributed by atoms with Crippen molar-refractivity contribution in [3.05, 3.63) is 76.8 Å². The van der Waals surface area contributed by atoms with Crippen molar-refractivity contribution in [3.63, 3.8) is 0 Å². The molecule has 1 aromatic carbocycles. The summed E-state index contributed by atoms with van der Waals surface area (Å²) in [6.45, 7) is 1.79. The third kappa shape index (κ3) is 4.47. The standard InChI is InChI=1S/C18H19N3O4S/c1-14(12-19-26(23,24)13-15-6-3-2-4-7-15)21-18(22)10-9-16(20-21)17-8-5-11-25-17/h2-11,14,19H,12-13H2,1H3. The van der Waals surface area contributed by atoms with Gasteiger partial charge in [-0.3, -0.25) is 4.79 Å². The fourth-order valence-electron chi connectivity index (χ4n) is 2.48. The molecular formula is C18H19N3O4S. The lowest BCUT2D eigenvalue weighted by Gasteiger charge is -2.15. The van der Waals surface area contributed by atoms with Crippen molar-refractivity contribution in [2.75, 3.05) is 6.54 Å². The Balaban J connectivity index is 1.71. The highest BCUT2D eigenvalue weighted by Gasteiger charge is 2.16. The second-order valence-corrected chi connectivity index (χ2v) is 7.73. The predicted molar refractivity (Wildman–Crippen MR) is 98.0 cm³/mol. The number of nitrogens with zero attached hydrogens (tertiary/aromatic N) is 2. The van der Waals surface area contributed by atoms with Crippen LogP contribution in [-0.2, 0) is 15.8 Å². The molecule has 136 valence electrons. The smallest absolute Gasteiger partial charge is 0.267 e. The molecule has 0 saturated carbocycles. The maximum absolute atomic E-state index is 12.2. The summed E-state index contributed by atoms with van der Waals surface area (Å²) in [5.41, 5.74) is 0.895. The zero-order valence-corrected chi connectivity index (χ0v) is 15.0. The maximum atomic E-state index is 12.2. The molecule has 7 nitrogen and oxygen atoms in total. The highest BCUT2D eigenvalue weighted by atomic mass is 32.2. The molecule has 8 heteroatoms. The molecule has 0 spiro atoms. The molecule has 0 radical (unpaired) electrons. The number of furan rings is 1. The van der Waals surface area contributed by atoms with Crippen LogP contribution in [0.5, 0.6) is 0 Å². The highest BCUT2D eigenvalue weighted by molar-refractivity contribution is 7.88. The summed E-state index contributed by atoms with van der Waals surface area (Å²) < 4.78 is 33.6. The van der Waals surface area contributed by atoms with Crippen molar-refractivity contribution in [3.8, 4) is 11.5 Å². The van der Waals surface area contributed by atoms with Gasteiger partial charge in [0.05, 0.1) is 18.1 Å². The molecule has 2 aromatic heterocycles. The van der Waals surface area contributed by atoms with E-state index in [4.69, 9.17) is 4.42 Å². The topological polar surface area (TPSA) is 94.2 Å². The molecule has 0 amide bonds. The molecule has 0 aliphatic heterocycles. The summed E-state index contributed by atoms with van der Waals surface area (Å²) in [5, 5.41) is 4.27. The number of benzene rings is 1. The summed E-state index contributed by atoms with van der Waals surface area (Å²) in [5.74, 6) is 0.422. The molecule has 0 fully saturated rings. The first-order valence-electron chi connectivity index (χ1n) is 8.09. The largest absolute Gasteiger partial charge is 0.463 e. The summed E-state index contributed by atoms with van der Waals surface area (Å²) in [4.78, 5) is 12.1. The third-order valence-corrected chi connectivity index (χ3v) is 5.13. The Kier molecular flexibility index (Phi) is 5.34. The van der Waals surface area contributed by atoms with Crippen LogP contribution in [0.2, 0.25) is 0 Å². The van der Waals surface area contributed by atoms with Gasteiger partial charge in [-0.25, -0.2) is 17.8 Å². The van der Waals surface area contributed by atoms with E-state index in [1.54, 1.807) is 49.4 Å². The summed E-state index contributed by atoms with van der Waals surface area (Å²) in [6, 6.07) is 14.9. The number of rotatable bonds is 7. The first-order chi connectivity index (χ1) is 12.4. The van der Waals surface area contributed by atoms with Gasteiger partial charge in [0, 0.05) is 12.6 Å². The van der Waals surface area contributed by atoms with Crippen LogP contribution in [0, 0.1) is 0 Å². The average Bonchev–Trinajstić information content (AvgIpc) is 3.15. The van der Waals surface area contributed by atoms with Gasteiger partial charge in [0.1, 0.15) is 5.69 Å². The van der Waals surface area contributed by atoms with Gasteiger partial charge in [0.15, 0.2) is 5.76 Å². The van der Waals surface area contributed by atoms with Crippen LogP contribution in [0.15, 0.2) is 70.1 Å². The quantitative estimate of drug-likeness (QED) is 0.685. The normalized spacial score (nSPS) is 12.8. The van der Waals surface area contributed by atoms with Crippen molar-refractivity contribution in [1.82, 2.24) is 14.5 Å². The minimum Gasteiger partial charge on any atom is -0.463 e. The van der Waals surface area contributed by atoms with Crippen LogP contribution in [0.25, 0.3) is 11.5 Å². The Labute approximate surface area is 151 Å². The Morgan fingerprint density at radius 1 is 1.12 bits per heavy atom. The van der Waals surface area contributed by atoms with E-state index < -0.39 is 16.1 Å². The lowest BCUT2D eigenvalue weighted by atomic mass is 10.2. The number of aromatic nitrogens is 2. The molecule has 3 rings (SSSR count). The summed E-state index contributed by atoms with van der Waals surface area (Å²) >= 11 is 0. The number of hydrogen-bond acceptors (Lipinski definition) is 5. The maximum Gasteiger partial charge on any atom is 0.267 e. The fourth-order valence-corrected chi connectivity index (χ4v) is 3.70. The van der Waals surface area contributed by atoms with Crippen LogP contribution >= 0.6 is 0 Å². The van der Waals surface area contributed by atoms with E-state index in [-0.39, 0.29) is 17.9 Å². The second-order valence-electron chi connectivity index (χ2n) is 5.92. The SMILES string of the molecule is CC(CNS(=O)(=O)Cc1ccccc1)n1nc(-c2ccco2)ccc1=O. The molecule has 0 saturated heterocycles. The Morgan fingerprint density at radius 2 is 1.88 bits per heavy atom. The van der Waals surface area contributed by atoms with E-state index in [9.17, 15) is 13.2 Å². The van der Waals surface area contributed by atoms with E-state index in [2.05, 4.69) is 9.82 Å². The average molecular weight is 373 g/mol. The fraction of sp³-hybridized carbons (Fsp3) is 0.222. The van der Waals surface area contributed by atoms with Gasteiger partial charge in [-0.05, 0) is 30.7 Å². The van der Waals surface area contributed by atoms with Crippen LogP contribution in [0.1, 0.15) is 18.5 Å². The molecular weight excluding hydrogens is 354 g/mol. The molecule has 3 aromatic rings. The zero-order chi connectivity index (χ0) is 18.6. The molecule has 1 unspecified atom stereocenters. The van der Waals surface area contributed by atoms with E-state index in [0.717, 1.165) is 0 Å². The van der Waals surface area contributed by atoms with Crippen LogP contribution < -0.4 is 10.3 Å². The molecule has 0 aliphatic carbocycles.